The quantitative estimate of drug-likeness (QED) is 0.776. The van der Waals surface area contributed by atoms with Gasteiger partial charge in [-0.25, -0.2) is 0 Å². The van der Waals surface area contributed by atoms with Gasteiger partial charge in [0.1, 0.15) is 0 Å². The number of anilines is 2. The maximum atomic E-state index is 12.0. The lowest BCUT2D eigenvalue weighted by atomic mass is 9.95. The Kier molecular flexibility index (Phi) is 5.06. The van der Waals surface area contributed by atoms with Crippen LogP contribution in [0.4, 0.5) is 11.4 Å². The number of carbonyl (C=O) groups excluding carboxylic acids is 2. The van der Waals surface area contributed by atoms with Crippen molar-refractivity contribution in [1.82, 2.24) is 0 Å². The predicted molar refractivity (Wildman–Crippen MR) is 76.8 cm³/mol. The minimum absolute atomic E-state index is 0.104. The highest BCUT2D eigenvalue weighted by Gasteiger charge is 2.22. The Morgan fingerprint density at radius 1 is 1.11 bits per heavy atom. The third-order valence-electron chi connectivity index (χ3n) is 2.50. The molecule has 0 radical (unpaired) electrons. The van der Waals surface area contributed by atoms with Crippen LogP contribution in [0.1, 0.15) is 27.2 Å². The van der Waals surface area contributed by atoms with Gasteiger partial charge in [0, 0.05) is 18.4 Å². The fourth-order valence-corrected chi connectivity index (χ4v) is 1.35. The highest BCUT2D eigenvalue weighted by molar-refractivity contribution is 6.01. The van der Waals surface area contributed by atoms with Crippen molar-refractivity contribution < 1.29 is 9.59 Å². The Bertz CT molecular complexity index is 464. The molecule has 0 fully saturated rings. The van der Waals surface area contributed by atoms with E-state index in [4.69, 9.17) is 5.73 Å². The molecule has 1 rings (SSSR count). The standard InChI is InChI=1S/C14H21N3O2/c1-14(2,3)13(19)17-11-7-5-4-6-10(11)16-12(18)8-9-15/h4-7H,8-9,15H2,1-3H3,(H,16,18)(H,17,19). The zero-order chi connectivity index (χ0) is 14.5. The lowest BCUT2D eigenvalue weighted by molar-refractivity contribution is -0.123. The molecule has 5 heteroatoms. The summed E-state index contributed by atoms with van der Waals surface area (Å²) in [6.45, 7) is 5.79. The molecule has 2 amide bonds. The number of para-hydroxylation sites is 2. The molecule has 0 bridgehead atoms. The average Bonchev–Trinajstić information content (AvgIpc) is 2.30. The molecule has 0 atom stereocenters. The molecule has 0 saturated carbocycles. The van der Waals surface area contributed by atoms with Crippen LogP contribution in [0.5, 0.6) is 0 Å². The third kappa shape index (κ3) is 4.71. The third-order valence-corrected chi connectivity index (χ3v) is 2.50. The summed E-state index contributed by atoms with van der Waals surface area (Å²) in [5, 5.41) is 5.55. The molecule has 1 aromatic carbocycles. The van der Waals surface area contributed by atoms with Crippen molar-refractivity contribution in [3.05, 3.63) is 24.3 Å². The Hall–Kier alpha value is -1.88. The number of hydrogen-bond acceptors (Lipinski definition) is 3. The minimum Gasteiger partial charge on any atom is -0.330 e. The van der Waals surface area contributed by atoms with Crippen LogP contribution in [-0.2, 0) is 9.59 Å². The fraction of sp³-hybridized carbons (Fsp3) is 0.429. The highest BCUT2D eigenvalue weighted by atomic mass is 16.2. The molecule has 0 aliphatic heterocycles. The van der Waals surface area contributed by atoms with Crippen LogP contribution in [0.3, 0.4) is 0 Å². The van der Waals surface area contributed by atoms with E-state index in [0.717, 1.165) is 0 Å². The zero-order valence-corrected chi connectivity index (χ0v) is 11.6. The van der Waals surface area contributed by atoms with Gasteiger partial charge in [-0.15, -0.1) is 0 Å². The summed E-state index contributed by atoms with van der Waals surface area (Å²) in [5.41, 5.74) is 6.01. The van der Waals surface area contributed by atoms with Crippen molar-refractivity contribution >= 4 is 23.2 Å². The molecule has 19 heavy (non-hydrogen) atoms. The Balaban J connectivity index is 2.84. The number of carbonyl (C=O) groups is 2. The first kappa shape index (κ1) is 15.2. The van der Waals surface area contributed by atoms with Crippen molar-refractivity contribution in [1.29, 1.82) is 0 Å². The van der Waals surface area contributed by atoms with Crippen LogP contribution < -0.4 is 16.4 Å². The van der Waals surface area contributed by atoms with Gasteiger partial charge in [0.15, 0.2) is 0 Å². The van der Waals surface area contributed by atoms with Crippen LogP contribution in [0, 0.1) is 5.41 Å². The number of hydrogen-bond donors (Lipinski definition) is 3. The smallest absolute Gasteiger partial charge is 0.229 e. The van der Waals surface area contributed by atoms with E-state index in [0.29, 0.717) is 17.9 Å². The molecule has 104 valence electrons. The fourth-order valence-electron chi connectivity index (χ4n) is 1.35. The number of rotatable bonds is 4. The molecule has 0 saturated heterocycles. The van der Waals surface area contributed by atoms with E-state index in [-0.39, 0.29) is 18.2 Å². The van der Waals surface area contributed by atoms with E-state index < -0.39 is 5.41 Å². The second-order valence-corrected chi connectivity index (χ2v) is 5.34. The van der Waals surface area contributed by atoms with Crippen LogP contribution in [0.15, 0.2) is 24.3 Å². The SMILES string of the molecule is CC(C)(C)C(=O)Nc1ccccc1NC(=O)CCN. The largest absolute Gasteiger partial charge is 0.330 e. The summed E-state index contributed by atoms with van der Waals surface area (Å²) in [6.07, 6.45) is 0.252. The van der Waals surface area contributed by atoms with E-state index in [1.54, 1.807) is 24.3 Å². The van der Waals surface area contributed by atoms with Crippen molar-refractivity contribution in [2.75, 3.05) is 17.2 Å². The monoisotopic (exact) mass is 263 g/mol. The van der Waals surface area contributed by atoms with E-state index in [9.17, 15) is 9.59 Å². The Morgan fingerprint density at radius 2 is 1.63 bits per heavy atom. The molecule has 0 aliphatic carbocycles. The first-order chi connectivity index (χ1) is 8.84. The van der Waals surface area contributed by atoms with Gasteiger partial charge in [-0.1, -0.05) is 32.9 Å². The van der Waals surface area contributed by atoms with Crippen molar-refractivity contribution in [2.45, 2.75) is 27.2 Å². The molecule has 1 aromatic rings. The van der Waals surface area contributed by atoms with E-state index in [1.807, 2.05) is 20.8 Å². The molecule has 0 spiro atoms. The molecular formula is C14H21N3O2. The van der Waals surface area contributed by atoms with Crippen molar-refractivity contribution in [2.24, 2.45) is 11.1 Å². The van der Waals surface area contributed by atoms with Crippen molar-refractivity contribution in [3.63, 3.8) is 0 Å². The summed E-state index contributed by atoms with van der Waals surface area (Å²) in [5.74, 6) is -0.270. The van der Waals surface area contributed by atoms with Gasteiger partial charge < -0.3 is 16.4 Å². The van der Waals surface area contributed by atoms with Crippen molar-refractivity contribution in [3.8, 4) is 0 Å². The van der Waals surface area contributed by atoms with E-state index in [1.165, 1.54) is 0 Å². The van der Waals surface area contributed by atoms with E-state index in [2.05, 4.69) is 10.6 Å². The first-order valence-corrected chi connectivity index (χ1v) is 6.25. The number of amides is 2. The molecule has 0 heterocycles. The summed E-state index contributed by atoms with van der Waals surface area (Å²) in [6, 6.07) is 7.09. The van der Waals surface area contributed by atoms with Gasteiger partial charge >= 0.3 is 0 Å². The van der Waals surface area contributed by atoms with Crippen LogP contribution in [0.25, 0.3) is 0 Å². The normalized spacial score (nSPS) is 10.9. The van der Waals surface area contributed by atoms with Crippen LogP contribution in [-0.4, -0.2) is 18.4 Å². The number of nitrogens with two attached hydrogens (primary N) is 1. The molecule has 4 N–H and O–H groups in total. The van der Waals surface area contributed by atoms with Gasteiger partial charge in [-0.05, 0) is 12.1 Å². The average molecular weight is 263 g/mol. The summed E-state index contributed by atoms with van der Waals surface area (Å²) < 4.78 is 0. The molecule has 0 aromatic heterocycles. The molecular weight excluding hydrogens is 242 g/mol. The Labute approximate surface area is 113 Å². The first-order valence-electron chi connectivity index (χ1n) is 6.25. The molecule has 0 aliphatic rings. The van der Waals surface area contributed by atoms with Gasteiger partial charge in [-0.2, -0.15) is 0 Å². The van der Waals surface area contributed by atoms with Gasteiger partial charge in [0.25, 0.3) is 0 Å². The van der Waals surface area contributed by atoms with Crippen LogP contribution in [0.2, 0.25) is 0 Å². The number of benzene rings is 1. The second kappa shape index (κ2) is 6.33. The van der Waals surface area contributed by atoms with E-state index >= 15 is 0 Å². The minimum atomic E-state index is -0.492. The Morgan fingerprint density at radius 3 is 2.11 bits per heavy atom. The summed E-state index contributed by atoms with van der Waals surface area (Å²) in [7, 11) is 0. The highest BCUT2D eigenvalue weighted by Crippen LogP contribution is 2.24. The topological polar surface area (TPSA) is 84.2 Å². The second-order valence-electron chi connectivity index (χ2n) is 5.34. The maximum absolute atomic E-state index is 12.0. The summed E-state index contributed by atoms with van der Waals surface area (Å²) in [4.78, 5) is 23.5. The number of nitrogens with one attached hydrogen (secondary N) is 2. The molecule has 0 unspecified atom stereocenters. The zero-order valence-electron chi connectivity index (χ0n) is 11.6. The summed E-state index contributed by atoms with van der Waals surface area (Å²) >= 11 is 0. The lowest BCUT2D eigenvalue weighted by Crippen LogP contribution is -2.28. The maximum Gasteiger partial charge on any atom is 0.229 e. The van der Waals surface area contributed by atoms with Gasteiger partial charge in [-0.3, -0.25) is 9.59 Å². The molecule has 5 nitrogen and oxygen atoms in total. The van der Waals surface area contributed by atoms with Gasteiger partial charge in [0.05, 0.1) is 11.4 Å². The van der Waals surface area contributed by atoms with Crippen LogP contribution >= 0.6 is 0 Å². The predicted octanol–water partition coefficient (Wildman–Crippen LogP) is 1.96. The van der Waals surface area contributed by atoms with Gasteiger partial charge in [0.2, 0.25) is 11.8 Å². The lowest BCUT2D eigenvalue weighted by Gasteiger charge is -2.19.